The standard InChI is InChI=1S/C13H19BrClN/c1-3-5-6-13(16-4-2)10-7-8-12(15)11(14)9-10/h7-9,13,16H,3-6H2,1-2H3. The van der Waals surface area contributed by atoms with Crippen molar-refractivity contribution in [3.05, 3.63) is 33.3 Å². The second-order valence-electron chi connectivity index (χ2n) is 3.93. The fourth-order valence-corrected chi connectivity index (χ4v) is 2.28. The van der Waals surface area contributed by atoms with Crippen LogP contribution in [0.2, 0.25) is 5.02 Å². The second kappa shape index (κ2) is 7.31. The van der Waals surface area contributed by atoms with Crippen LogP contribution in [-0.2, 0) is 0 Å². The second-order valence-corrected chi connectivity index (χ2v) is 5.19. The molecule has 0 aliphatic heterocycles. The van der Waals surface area contributed by atoms with E-state index < -0.39 is 0 Å². The first kappa shape index (κ1) is 14.0. The fraction of sp³-hybridized carbons (Fsp3) is 0.538. The summed E-state index contributed by atoms with van der Waals surface area (Å²) in [6.45, 7) is 5.36. The molecule has 0 saturated carbocycles. The van der Waals surface area contributed by atoms with Crippen LogP contribution in [0.25, 0.3) is 0 Å². The van der Waals surface area contributed by atoms with Gasteiger partial charge in [-0.2, -0.15) is 0 Å². The summed E-state index contributed by atoms with van der Waals surface area (Å²) >= 11 is 9.47. The molecule has 0 heterocycles. The van der Waals surface area contributed by atoms with Crippen molar-refractivity contribution in [2.45, 2.75) is 39.2 Å². The molecule has 0 bridgehead atoms. The summed E-state index contributed by atoms with van der Waals surface area (Å²) in [5, 5.41) is 4.29. The van der Waals surface area contributed by atoms with Gasteiger partial charge in [0.15, 0.2) is 0 Å². The smallest absolute Gasteiger partial charge is 0.0548 e. The van der Waals surface area contributed by atoms with Crippen molar-refractivity contribution in [3.63, 3.8) is 0 Å². The molecule has 16 heavy (non-hydrogen) atoms. The molecule has 0 aliphatic rings. The van der Waals surface area contributed by atoms with E-state index in [9.17, 15) is 0 Å². The van der Waals surface area contributed by atoms with Crippen molar-refractivity contribution in [3.8, 4) is 0 Å². The van der Waals surface area contributed by atoms with Gasteiger partial charge in [-0.25, -0.2) is 0 Å². The maximum absolute atomic E-state index is 6.00. The molecule has 0 aromatic heterocycles. The molecule has 0 aliphatic carbocycles. The van der Waals surface area contributed by atoms with Crippen LogP contribution >= 0.6 is 27.5 Å². The predicted molar refractivity (Wildman–Crippen MR) is 75.1 cm³/mol. The van der Waals surface area contributed by atoms with E-state index in [-0.39, 0.29) is 0 Å². The Balaban J connectivity index is 2.78. The number of hydrogen-bond donors (Lipinski definition) is 1. The summed E-state index contributed by atoms with van der Waals surface area (Å²) in [6, 6.07) is 6.62. The Kier molecular flexibility index (Phi) is 6.40. The molecule has 1 aromatic carbocycles. The average molecular weight is 305 g/mol. The first-order chi connectivity index (χ1) is 7.69. The van der Waals surface area contributed by atoms with Crippen LogP contribution in [0.3, 0.4) is 0 Å². The number of hydrogen-bond acceptors (Lipinski definition) is 1. The third-order valence-corrected chi connectivity index (χ3v) is 3.86. The number of nitrogens with one attached hydrogen (secondary N) is 1. The quantitative estimate of drug-likeness (QED) is 0.784. The molecule has 1 atom stereocenters. The number of unbranched alkanes of at least 4 members (excludes halogenated alkanes) is 1. The van der Waals surface area contributed by atoms with E-state index in [0.717, 1.165) is 16.0 Å². The highest BCUT2D eigenvalue weighted by Gasteiger charge is 2.10. The van der Waals surface area contributed by atoms with Crippen molar-refractivity contribution in [2.75, 3.05) is 6.54 Å². The van der Waals surface area contributed by atoms with Crippen LogP contribution in [0.4, 0.5) is 0 Å². The van der Waals surface area contributed by atoms with Gasteiger partial charge in [-0.15, -0.1) is 0 Å². The first-order valence-corrected chi connectivity index (χ1v) is 7.04. The van der Waals surface area contributed by atoms with Gasteiger partial charge in [0.1, 0.15) is 0 Å². The lowest BCUT2D eigenvalue weighted by Crippen LogP contribution is -2.20. The van der Waals surface area contributed by atoms with Gasteiger partial charge in [0.05, 0.1) is 5.02 Å². The molecule has 90 valence electrons. The lowest BCUT2D eigenvalue weighted by atomic mass is 10.0. The minimum Gasteiger partial charge on any atom is -0.310 e. The summed E-state index contributed by atoms with van der Waals surface area (Å²) in [4.78, 5) is 0. The molecule has 1 N–H and O–H groups in total. The van der Waals surface area contributed by atoms with Gasteiger partial charge >= 0.3 is 0 Å². The molecule has 1 aromatic rings. The van der Waals surface area contributed by atoms with E-state index in [4.69, 9.17) is 11.6 Å². The Morgan fingerprint density at radius 1 is 1.38 bits per heavy atom. The molecule has 0 radical (unpaired) electrons. The number of rotatable bonds is 6. The third kappa shape index (κ3) is 4.08. The van der Waals surface area contributed by atoms with Crippen molar-refractivity contribution in [1.29, 1.82) is 0 Å². The van der Waals surface area contributed by atoms with Crippen molar-refractivity contribution < 1.29 is 0 Å². The Hall–Kier alpha value is -0.0500. The highest BCUT2D eigenvalue weighted by molar-refractivity contribution is 9.10. The summed E-state index contributed by atoms with van der Waals surface area (Å²) in [6.07, 6.45) is 3.66. The molecule has 1 unspecified atom stereocenters. The number of halogens is 2. The van der Waals surface area contributed by atoms with E-state index in [0.29, 0.717) is 6.04 Å². The predicted octanol–water partition coefficient (Wildman–Crippen LogP) is 4.94. The third-order valence-electron chi connectivity index (χ3n) is 2.64. The molecule has 0 fully saturated rings. The van der Waals surface area contributed by atoms with Gasteiger partial charge in [-0.1, -0.05) is 44.4 Å². The zero-order chi connectivity index (χ0) is 12.0. The molecular formula is C13H19BrClN. The molecule has 3 heteroatoms. The zero-order valence-electron chi connectivity index (χ0n) is 9.89. The van der Waals surface area contributed by atoms with E-state index in [1.54, 1.807) is 0 Å². The lowest BCUT2D eigenvalue weighted by Gasteiger charge is -2.18. The van der Waals surface area contributed by atoms with Gasteiger partial charge in [0.25, 0.3) is 0 Å². The Morgan fingerprint density at radius 3 is 2.69 bits per heavy atom. The van der Waals surface area contributed by atoms with Gasteiger partial charge in [0, 0.05) is 10.5 Å². The minimum atomic E-state index is 0.443. The minimum absolute atomic E-state index is 0.443. The van der Waals surface area contributed by atoms with Gasteiger partial charge < -0.3 is 5.32 Å². The zero-order valence-corrected chi connectivity index (χ0v) is 12.2. The molecular weight excluding hydrogens is 286 g/mol. The monoisotopic (exact) mass is 303 g/mol. The molecule has 0 amide bonds. The van der Waals surface area contributed by atoms with Gasteiger partial charge in [0.2, 0.25) is 0 Å². The van der Waals surface area contributed by atoms with E-state index in [2.05, 4.69) is 47.2 Å². The molecule has 1 nitrogen and oxygen atoms in total. The summed E-state index contributed by atoms with van der Waals surface area (Å²) in [7, 11) is 0. The van der Waals surface area contributed by atoms with Gasteiger partial charge in [-0.3, -0.25) is 0 Å². The largest absolute Gasteiger partial charge is 0.310 e. The Morgan fingerprint density at radius 2 is 2.12 bits per heavy atom. The summed E-state index contributed by atoms with van der Waals surface area (Å²) < 4.78 is 0.978. The van der Waals surface area contributed by atoms with Gasteiger partial charge in [-0.05, 0) is 46.6 Å². The van der Waals surface area contributed by atoms with Crippen LogP contribution in [0, 0.1) is 0 Å². The summed E-state index contributed by atoms with van der Waals surface area (Å²) in [5.41, 5.74) is 1.31. The van der Waals surface area contributed by atoms with E-state index in [1.807, 2.05) is 6.07 Å². The normalized spacial score (nSPS) is 12.8. The Labute approximate surface area is 112 Å². The van der Waals surface area contributed by atoms with Crippen LogP contribution in [0.15, 0.2) is 22.7 Å². The highest BCUT2D eigenvalue weighted by Crippen LogP contribution is 2.28. The topological polar surface area (TPSA) is 12.0 Å². The van der Waals surface area contributed by atoms with Crippen LogP contribution < -0.4 is 5.32 Å². The average Bonchev–Trinajstić information content (AvgIpc) is 2.28. The van der Waals surface area contributed by atoms with Crippen molar-refractivity contribution in [1.82, 2.24) is 5.32 Å². The maximum atomic E-state index is 6.00. The van der Waals surface area contributed by atoms with Crippen LogP contribution in [0.1, 0.15) is 44.7 Å². The first-order valence-electron chi connectivity index (χ1n) is 5.87. The molecule has 0 spiro atoms. The van der Waals surface area contributed by atoms with Crippen LogP contribution in [-0.4, -0.2) is 6.54 Å². The van der Waals surface area contributed by atoms with E-state index in [1.165, 1.54) is 24.8 Å². The van der Waals surface area contributed by atoms with E-state index >= 15 is 0 Å². The number of benzene rings is 1. The lowest BCUT2D eigenvalue weighted by molar-refractivity contribution is 0.494. The summed E-state index contributed by atoms with van der Waals surface area (Å²) in [5.74, 6) is 0. The van der Waals surface area contributed by atoms with Crippen LogP contribution in [0.5, 0.6) is 0 Å². The molecule has 0 saturated heterocycles. The van der Waals surface area contributed by atoms with Crippen molar-refractivity contribution >= 4 is 27.5 Å². The molecule has 1 rings (SSSR count). The fourth-order valence-electron chi connectivity index (χ4n) is 1.77. The Bertz CT molecular complexity index is 328. The SMILES string of the molecule is CCCCC(NCC)c1ccc(Cl)c(Br)c1. The maximum Gasteiger partial charge on any atom is 0.0548 e. The highest BCUT2D eigenvalue weighted by atomic mass is 79.9. The van der Waals surface area contributed by atoms with Crippen molar-refractivity contribution in [2.24, 2.45) is 0 Å².